The van der Waals surface area contributed by atoms with Gasteiger partial charge < -0.3 is 5.32 Å². The molecular weight excluding hydrogens is 296 g/mol. The molecule has 1 fully saturated rings. The van der Waals surface area contributed by atoms with Crippen LogP contribution in [0.15, 0.2) is 35.2 Å². The Labute approximate surface area is 121 Å². The van der Waals surface area contributed by atoms with Gasteiger partial charge in [-0.3, -0.25) is 4.72 Å². The van der Waals surface area contributed by atoms with Crippen LogP contribution >= 0.6 is 11.3 Å². The molecule has 2 aromatic rings. The van der Waals surface area contributed by atoms with E-state index in [1.807, 2.05) is 0 Å². The highest BCUT2D eigenvalue weighted by Crippen LogP contribution is 2.28. The van der Waals surface area contributed by atoms with Crippen molar-refractivity contribution in [3.05, 3.63) is 35.3 Å². The van der Waals surface area contributed by atoms with Gasteiger partial charge in [-0.15, -0.1) is 10.2 Å². The summed E-state index contributed by atoms with van der Waals surface area (Å²) in [5, 5.41) is 12.4. The molecular formula is C12H14N4O2S2. The third-order valence-electron chi connectivity index (χ3n) is 3.07. The van der Waals surface area contributed by atoms with E-state index in [-0.39, 0.29) is 10.9 Å². The summed E-state index contributed by atoms with van der Waals surface area (Å²) in [6.45, 7) is 0.968. The van der Waals surface area contributed by atoms with Crippen molar-refractivity contribution in [2.24, 2.45) is 0 Å². The number of aromatic nitrogens is 2. The van der Waals surface area contributed by atoms with Gasteiger partial charge in [-0.1, -0.05) is 29.5 Å². The SMILES string of the molecule is O=S(=O)(Nc1nnc(C2CCCN2)s1)c1ccccc1. The zero-order valence-corrected chi connectivity index (χ0v) is 12.2. The lowest BCUT2D eigenvalue weighted by molar-refractivity contribution is 0.601. The van der Waals surface area contributed by atoms with Crippen molar-refractivity contribution in [1.82, 2.24) is 15.5 Å². The molecule has 0 saturated carbocycles. The first-order valence-corrected chi connectivity index (χ1v) is 8.60. The highest BCUT2D eigenvalue weighted by molar-refractivity contribution is 7.93. The minimum atomic E-state index is -3.59. The summed E-state index contributed by atoms with van der Waals surface area (Å²) in [5.41, 5.74) is 0. The third kappa shape index (κ3) is 2.82. The summed E-state index contributed by atoms with van der Waals surface area (Å²) in [6.07, 6.45) is 2.12. The van der Waals surface area contributed by atoms with Gasteiger partial charge >= 0.3 is 0 Å². The number of nitrogens with zero attached hydrogens (tertiary/aromatic N) is 2. The zero-order valence-electron chi connectivity index (χ0n) is 10.6. The number of rotatable bonds is 4. The Hall–Kier alpha value is -1.51. The average molecular weight is 310 g/mol. The molecule has 2 heterocycles. The van der Waals surface area contributed by atoms with E-state index in [2.05, 4.69) is 20.2 Å². The fraction of sp³-hybridized carbons (Fsp3) is 0.333. The van der Waals surface area contributed by atoms with E-state index in [1.54, 1.807) is 30.3 Å². The molecule has 1 saturated heterocycles. The summed E-state index contributed by atoms with van der Waals surface area (Å²) < 4.78 is 26.8. The molecule has 0 amide bonds. The van der Waals surface area contributed by atoms with Gasteiger partial charge in [0, 0.05) is 0 Å². The summed E-state index contributed by atoms with van der Waals surface area (Å²) in [4.78, 5) is 0.218. The van der Waals surface area contributed by atoms with Crippen LogP contribution in [-0.2, 0) is 10.0 Å². The molecule has 0 aliphatic carbocycles. The van der Waals surface area contributed by atoms with Crippen LogP contribution in [0, 0.1) is 0 Å². The number of anilines is 1. The molecule has 106 valence electrons. The van der Waals surface area contributed by atoms with Crippen molar-refractivity contribution < 1.29 is 8.42 Å². The van der Waals surface area contributed by atoms with E-state index in [9.17, 15) is 8.42 Å². The van der Waals surface area contributed by atoms with Crippen molar-refractivity contribution in [2.75, 3.05) is 11.3 Å². The predicted molar refractivity (Wildman–Crippen MR) is 77.1 cm³/mol. The van der Waals surface area contributed by atoms with Crippen LogP contribution in [0.5, 0.6) is 0 Å². The van der Waals surface area contributed by atoms with Crippen molar-refractivity contribution in [2.45, 2.75) is 23.8 Å². The summed E-state index contributed by atoms with van der Waals surface area (Å²) >= 11 is 1.28. The minimum absolute atomic E-state index is 0.197. The van der Waals surface area contributed by atoms with Gasteiger partial charge in [0.25, 0.3) is 10.0 Å². The molecule has 8 heteroatoms. The van der Waals surface area contributed by atoms with Gasteiger partial charge in [0.1, 0.15) is 5.01 Å². The van der Waals surface area contributed by atoms with Crippen LogP contribution in [0.1, 0.15) is 23.9 Å². The maximum Gasteiger partial charge on any atom is 0.263 e. The number of hydrogen-bond acceptors (Lipinski definition) is 6. The standard InChI is InChI=1S/C12H14N4O2S2/c17-20(18,9-5-2-1-3-6-9)16-12-15-14-11(19-12)10-7-4-8-13-10/h1-3,5-6,10,13H,4,7-8H2,(H,15,16). The molecule has 0 radical (unpaired) electrons. The van der Waals surface area contributed by atoms with Gasteiger partial charge in [0.2, 0.25) is 5.13 Å². The predicted octanol–water partition coefficient (Wildman–Crippen LogP) is 1.76. The van der Waals surface area contributed by atoms with E-state index in [0.717, 1.165) is 24.4 Å². The lowest BCUT2D eigenvalue weighted by Gasteiger charge is -2.04. The fourth-order valence-corrected chi connectivity index (χ4v) is 4.19. The second-order valence-corrected chi connectivity index (χ2v) is 7.20. The number of benzene rings is 1. The van der Waals surface area contributed by atoms with Gasteiger partial charge in [-0.2, -0.15) is 0 Å². The Morgan fingerprint density at radius 3 is 2.75 bits per heavy atom. The lowest BCUT2D eigenvalue weighted by Crippen LogP contribution is -2.12. The lowest BCUT2D eigenvalue weighted by atomic mass is 10.2. The average Bonchev–Trinajstić information content (AvgIpc) is 3.10. The summed E-state index contributed by atoms with van der Waals surface area (Å²) in [7, 11) is -3.59. The van der Waals surface area contributed by atoms with Crippen molar-refractivity contribution in [3.63, 3.8) is 0 Å². The molecule has 1 unspecified atom stereocenters. The second-order valence-electron chi connectivity index (χ2n) is 4.51. The van der Waals surface area contributed by atoms with Gasteiger partial charge in [0.05, 0.1) is 10.9 Å². The summed E-state index contributed by atoms with van der Waals surface area (Å²) in [5.74, 6) is 0. The molecule has 20 heavy (non-hydrogen) atoms. The monoisotopic (exact) mass is 310 g/mol. The van der Waals surface area contributed by atoms with E-state index in [1.165, 1.54) is 11.3 Å². The van der Waals surface area contributed by atoms with Crippen LogP contribution in [0.25, 0.3) is 0 Å². The third-order valence-corrected chi connectivity index (χ3v) is 5.51. The van der Waals surface area contributed by atoms with E-state index in [4.69, 9.17) is 0 Å². The normalized spacial score (nSPS) is 19.1. The Balaban J connectivity index is 1.78. The van der Waals surface area contributed by atoms with Gasteiger partial charge in [-0.25, -0.2) is 8.42 Å². The van der Waals surface area contributed by atoms with Gasteiger partial charge in [-0.05, 0) is 31.5 Å². The molecule has 0 spiro atoms. The van der Waals surface area contributed by atoms with Crippen LogP contribution in [0.3, 0.4) is 0 Å². The number of hydrogen-bond donors (Lipinski definition) is 2. The molecule has 1 atom stereocenters. The fourth-order valence-electron chi connectivity index (χ4n) is 2.09. The Morgan fingerprint density at radius 1 is 1.25 bits per heavy atom. The molecule has 6 nitrogen and oxygen atoms in total. The second kappa shape index (κ2) is 5.47. The molecule has 2 N–H and O–H groups in total. The number of nitrogens with one attached hydrogen (secondary N) is 2. The van der Waals surface area contributed by atoms with E-state index < -0.39 is 10.0 Å². The van der Waals surface area contributed by atoms with Crippen molar-refractivity contribution in [1.29, 1.82) is 0 Å². The minimum Gasteiger partial charge on any atom is -0.308 e. The van der Waals surface area contributed by atoms with Gasteiger partial charge in [0.15, 0.2) is 0 Å². The summed E-state index contributed by atoms with van der Waals surface area (Å²) in [6, 6.07) is 8.42. The molecule has 1 aliphatic heterocycles. The highest BCUT2D eigenvalue weighted by Gasteiger charge is 2.22. The van der Waals surface area contributed by atoms with Crippen LogP contribution < -0.4 is 10.0 Å². The Kier molecular flexibility index (Phi) is 3.68. The maximum absolute atomic E-state index is 12.1. The van der Waals surface area contributed by atoms with E-state index in [0.29, 0.717) is 5.13 Å². The molecule has 1 aliphatic rings. The zero-order chi connectivity index (χ0) is 14.0. The van der Waals surface area contributed by atoms with Crippen LogP contribution in [-0.4, -0.2) is 25.2 Å². The Bertz CT molecular complexity index is 678. The quantitative estimate of drug-likeness (QED) is 0.899. The smallest absolute Gasteiger partial charge is 0.263 e. The van der Waals surface area contributed by atoms with Crippen molar-refractivity contribution in [3.8, 4) is 0 Å². The van der Waals surface area contributed by atoms with Crippen LogP contribution in [0.4, 0.5) is 5.13 Å². The topological polar surface area (TPSA) is 84.0 Å². The highest BCUT2D eigenvalue weighted by atomic mass is 32.2. The largest absolute Gasteiger partial charge is 0.308 e. The molecule has 1 aromatic heterocycles. The molecule has 1 aromatic carbocycles. The molecule has 3 rings (SSSR count). The van der Waals surface area contributed by atoms with Crippen LogP contribution in [0.2, 0.25) is 0 Å². The first-order chi connectivity index (χ1) is 9.65. The maximum atomic E-state index is 12.1. The molecule has 0 bridgehead atoms. The first kappa shape index (κ1) is 13.5. The van der Waals surface area contributed by atoms with Crippen molar-refractivity contribution >= 4 is 26.5 Å². The first-order valence-electron chi connectivity index (χ1n) is 6.30. The Morgan fingerprint density at radius 2 is 2.05 bits per heavy atom. The number of sulfonamides is 1. The van der Waals surface area contributed by atoms with E-state index >= 15 is 0 Å².